The number of hydrogen-bond acceptors (Lipinski definition) is 2. The molecule has 1 aromatic heterocycles. The molecule has 114 valence electrons. The number of halogens is 4. The van der Waals surface area contributed by atoms with Gasteiger partial charge in [-0.15, -0.1) is 0 Å². The van der Waals surface area contributed by atoms with Gasteiger partial charge in [0.1, 0.15) is 5.82 Å². The molecule has 0 atom stereocenters. The molecule has 1 N–H and O–H groups in total. The Labute approximate surface area is 129 Å². The van der Waals surface area contributed by atoms with E-state index in [9.17, 15) is 13.2 Å². The molecule has 2 aromatic rings. The average molecular weight is 362 g/mol. The number of benzene rings is 1. The van der Waals surface area contributed by atoms with Crippen LogP contribution in [0, 0.1) is 17.5 Å². The standard InChI is InChI=1S/C14H15BrF3N3/c1-3-11-14(15)13(21(4-2)20-11)7-19-12-6-9(17)8(16)5-10(12)18/h5-6,19H,3-4,7H2,1-2H3. The second-order valence-electron chi connectivity index (χ2n) is 4.48. The highest BCUT2D eigenvalue weighted by Gasteiger charge is 2.15. The molecule has 2 rings (SSSR count). The van der Waals surface area contributed by atoms with Gasteiger partial charge in [0.25, 0.3) is 0 Å². The highest BCUT2D eigenvalue weighted by Crippen LogP contribution is 2.24. The molecule has 7 heteroatoms. The van der Waals surface area contributed by atoms with Crippen LogP contribution in [0.5, 0.6) is 0 Å². The summed E-state index contributed by atoms with van der Waals surface area (Å²) in [7, 11) is 0. The molecule has 0 amide bonds. The van der Waals surface area contributed by atoms with Gasteiger partial charge in [-0.3, -0.25) is 4.68 Å². The quantitative estimate of drug-likeness (QED) is 0.806. The van der Waals surface area contributed by atoms with Crippen LogP contribution in [0.4, 0.5) is 18.9 Å². The molecule has 0 bridgehead atoms. The molecule has 3 nitrogen and oxygen atoms in total. The lowest BCUT2D eigenvalue weighted by atomic mass is 10.2. The van der Waals surface area contributed by atoms with Crippen molar-refractivity contribution in [2.24, 2.45) is 0 Å². The first-order valence-electron chi connectivity index (χ1n) is 6.60. The van der Waals surface area contributed by atoms with Crippen LogP contribution in [0.1, 0.15) is 25.2 Å². The van der Waals surface area contributed by atoms with Gasteiger partial charge in [0.2, 0.25) is 0 Å². The lowest BCUT2D eigenvalue weighted by molar-refractivity contribution is 0.496. The van der Waals surface area contributed by atoms with Gasteiger partial charge >= 0.3 is 0 Å². The Bertz CT molecular complexity index is 655. The highest BCUT2D eigenvalue weighted by molar-refractivity contribution is 9.10. The maximum absolute atomic E-state index is 13.6. The zero-order valence-corrected chi connectivity index (χ0v) is 13.3. The zero-order valence-electron chi connectivity index (χ0n) is 11.7. The van der Waals surface area contributed by atoms with Crippen LogP contribution in [0.2, 0.25) is 0 Å². The van der Waals surface area contributed by atoms with Gasteiger partial charge < -0.3 is 5.32 Å². The normalized spacial score (nSPS) is 11.0. The largest absolute Gasteiger partial charge is 0.377 e. The number of hydrogen-bond donors (Lipinski definition) is 1. The summed E-state index contributed by atoms with van der Waals surface area (Å²) >= 11 is 3.47. The number of nitrogens with one attached hydrogen (secondary N) is 1. The van der Waals surface area contributed by atoms with E-state index in [0.717, 1.165) is 28.3 Å². The van der Waals surface area contributed by atoms with Crippen molar-refractivity contribution >= 4 is 21.6 Å². The molecule has 0 fully saturated rings. The van der Waals surface area contributed by atoms with Crippen LogP contribution >= 0.6 is 15.9 Å². The number of nitrogens with zero attached hydrogens (tertiary/aromatic N) is 2. The second kappa shape index (κ2) is 6.51. The Morgan fingerprint density at radius 2 is 1.81 bits per heavy atom. The summed E-state index contributed by atoms with van der Waals surface area (Å²) in [6, 6.07) is 1.34. The molecule has 0 unspecified atom stereocenters. The van der Waals surface area contributed by atoms with Crippen LogP contribution in [-0.4, -0.2) is 9.78 Å². The van der Waals surface area contributed by atoms with Gasteiger partial charge in [-0.2, -0.15) is 5.10 Å². The first kappa shape index (κ1) is 15.9. The fraction of sp³-hybridized carbons (Fsp3) is 0.357. The van der Waals surface area contributed by atoms with Crippen LogP contribution in [-0.2, 0) is 19.5 Å². The van der Waals surface area contributed by atoms with Gasteiger partial charge in [0.05, 0.1) is 28.1 Å². The van der Waals surface area contributed by atoms with E-state index in [1.165, 1.54) is 0 Å². The summed E-state index contributed by atoms with van der Waals surface area (Å²) in [4.78, 5) is 0. The Hall–Kier alpha value is -1.50. The maximum Gasteiger partial charge on any atom is 0.161 e. The summed E-state index contributed by atoms with van der Waals surface area (Å²) in [5.74, 6) is -3.12. The van der Waals surface area contributed by atoms with E-state index in [1.54, 1.807) is 4.68 Å². The van der Waals surface area contributed by atoms with Crippen molar-refractivity contribution in [1.29, 1.82) is 0 Å². The van der Waals surface area contributed by atoms with Gasteiger partial charge in [0, 0.05) is 18.7 Å². The van der Waals surface area contributed by atoms with Crippen LogP contribution in [0.3, 0.4) is 0 Å². The van der Waals surface area contributed by atoms with Crippen LogP contribution < -0.4 is 5.32 Å². The van der Waals surface area contributed by atoms with E-state index < -0.39 is 17.5 Å². The lowest BCUT2D eigenvalue weighted by Crippen LogP contribution is -2.09. The first-order valence-corrected chi connectivity index (χ1v) is 7.39. The number of rotatable bonds is 5. The number of aryl methyl sites for hydroxylation is 2. The smallest absolute Gasteiger partial charge is 0.161 e. The van der Waals surface area contributed by atoms with Gasteiger partial charge in [0.15, 0.2) is 11.6 Å². The van der Waals surface area contributed by atoms with Gasteiger partial charge in [-0.05, 0) is 29.3 Å². The molecular formula is C14H15BrF3N3. The van der Waals surface area contributed by atoms with Crippen LogP contribution in [0.15, 0.2) is 16.6 Å². The van der Waals surface area contributed by atoms with Gasteiger partial charge in [-0.25, -0.2) is 13.2 Å². The first-order chi connectivity index (χ1) is 9.97. The fourth-order valence-electron chi connectivity index (χ4n) is 2.02. The van der Waals surface area contributed by atoms with Crippen molar-refractivity contribution in [2.75, 3.05) is 5.32 Å². The van der Waals surface area contributed by atoms with Crippen LogP contribution in [0.25, 0.3) is 0 Å². The third-order valence-electron chi connectivity index (χ3n) is 3.15. The number of aromatic nitrogens is 2. The molecule has 0 spiro atoms. The maximum atomic E-state index is 13.6. The third-order valence-corrected chi connectivity index (χ3v) is 4.07. The highest BCUT2D eigenvalue weighted by atomic mass is 79.9. The molecule has 0 aliphatic rings. The Kier molecular flexibility index (Phi) is 4.92. The minimum atomic E-state index is -1.20. The predicted molar refractivity (Wildman–Crippen MR) is 78.6 cm³/mol. The number of anilines is 1. The summed E-state index contributed by atoms with van der Waals surface area (Å²) in [5.41, 5.74) is 1.65. The van der Waals surface area contributed by atoms with E-state index in [2.05, 4.69) is 26.3 Å². The Morgan fingerprint density at radius 1 is 1.14 bits per heavy atom. The van der Waals surface area contributed by atoms with E-state index in [1.807, 2.05) is 13.8 Å². The Balaban J connectivity index is 2.24. The van der Waals surface area contributed by atoms with Crippen molar-refractivity contribution in [1.82, 2.24) is 9.78 Å². The molecule has 0 saturated carbocycles. The molecule has 1 aromatic carbocycles. The zero-order chi connectivity index (χ0) is 15.6. The van der Waals surface area contributed by atoms with Crippen molar-refractivity contribution in [3.8, 4) is 0 Å². The predicted octanol–water partition coefficient (Wildman–Crippen LogP) is 4.26. The second-order valence-corrected chi connectivity index (χ2v) is 5.27. The minimum absolute atomic E-state index is 0.0808. The fourth-order valence-corrected chi connectivity index (χ4v) is 2.73. The van der Waals surface area contributed by atoms with Gasteiger partial charge in [-0.1, -0.05) is 6.92 Å². The lowest BCUT2D eigenvalue weighted by Gasteiger charge is -2.10. The van der Waals surface area contributed by atoms with E-state index in [0.29, 0.717) is 12.6 Å². The Morgan fingerprint density at radius 3 is 2.43 bits per heavy atom. The molecule has 21 heavy (non-hydrogen) atoms. The topological polar surface area (TPSA) is 29.9 Å². The van der Waals surface area contributed by atoms with Crippen molar-refractivity contribution < 1.29 is 13.2 Å². The molecular weight excluding hydrogens is 347 g/mol. The van der Waals surface area contributed by atoms with E-state index in [4.69, 9.17) is 0 Å². The molecule has 0 saturated heterocycles. The van der Waals surface area contributed by atoms with E-state index >= 15 is 0 Å². The van der Waals surface area contributed by atoms with Crippen molar-refractivity contribution in [3.63, 3.8) is 0 Å². The average Bonchev–Trinajstić information content (AvgIpc) is 2.77. The van der Waals surface area contributed by atoms with Crippen molar-refractivity contribution in [3.05, 3.63) is 45.4 Å². The minimum Gasteiger partial charge on any atom is -0.377 e. The summed E-state index contributed by atoms with van der Waals surface area (Å²) in [5, 5.41) is 7.19. The van der Waals surface area contributed by atoms with E-state index in [-0.39, 0.29) is 12.2 Å². The monoisotopic (exact) mass is 361 g/mol. The molecule has 0 radical (unpaired) electrons. The summed E-state index contributed by atoms with van der Waals surface area (Å²) in [6.07, 6.45) is 0.764. The molecule has 0 aliphatic carbocycles. The summed E-state index contributed by atoms with van der Waals surface area (Å²) < 4.78 is 42.3. The third kappa shape index (κ3) is 3.23. The summed E-state index contributed by atoms with van der Waals surface area (Å²) in [6.45, 7) is 4.85. The molecule has 1 heterocycles. The molecule has 0 aliphatic heterocycles. The van der Waals surface area contributed by atoms with Crippen molar-refractivity contribution in [2.45, 2.75) is 33.4 Å². The SMILES string of the molecule is CCc1nn(CC)c(CNc2cc(F)c(F)cc2F)c1Br.